The van der Waals surface area contributed by atoms with Crippen molar-refractivity contribution in [3.8, 4) is 5.75 Å². The van der Waals surface area contributed by atoms with Crippen molar-refractivity contribution in [2.45, 2.75) is 65.9 Å². The predicted molar refractivity (Wildman–Crippen MR) is 167 cm³/mol. The number of aliphatic carboxylic acids is 1. The molecule has 0 saturated carbocycles. The van der Waals surface area contributed by atoms with E-state index in [0.717, 1.165) is 16.3 Å². The number of benzene rings is 3. The van der Waals surface area contributed by atoms with Gasteiger partial charge in [-0.1, -0.05) is 81.8 Å². The molecule has 0 atom stereocenters. The van der Waals surface area contributed by atoms with Crippen LogP contribution in [0.25, 0.3) is 10.8 Å². The highest BCUT2D eigenvalue weighted by Crippen LogP contribution is 2.55. The monoisotopic (exact) mass is 597 g/mol. The summed E-state index contributed by atoms with van der Waals surface area (Å²) in [4.78, 5) is 42.0. The van der Waals surface area contributed by atoms with Crippen LogP contribution < -0.4 is 4.74 Å². The number of nitrogens with zero attached hydrogens (tertiary/aromatic N) is 1. The lowest BCUT2D eigenvalue weighted by Crippen LogP contribution is -2.45. The molecule has 3 aromatic rings. The SMILES string of the molecule is CC1(C)CC(=O)C2=C(C1)N(CC(=O)O)C1=C(C(=O)CC(C)(C)C1)C2c1cc(Cl)ccc1OCc1cccc2ccccc12. The average Bonchev–Trinajstić information content (AvgIpc) is 2.91. The number of hydrogen-bond donors (Lipinski definition) is 1. The molecule has 0 amide bonds. The second-order valence-corrected chi connectivity index (χ2v) is 14.1. The van der Waals surface area contributed by atoms with Gasteiger partial charge in [-0.15, -0.1) is 0 Å². The number of carbonyl (C=O) groups is 3. The lowest BCUT2D eigenvalue weighted by Gasteiger charge is -2.48. The summed E-state index contributed by atoms with van der Waals surface area (Å²) in [5.41, 5.74) is 3.33. The van der Waals surface area contributed by atoms with Gasteiger partial charge >= 0.3 is 5.97 Å². The number of halogens is 1. The number of carboxylic acids is 1. The highest BCUT2D eigenvalue weighted by Gasteiger charge is 2.49. The minimum atomic E-state index is -1.01. The number of carboxylic acid groups (broad SMARTS) is 1. The average molecular weight is 598 g/mol. The van der Waals surface area contributed by atoms with Gasteiger partial charge in [-0.25, -0.2) is 0 Å². The molecule has 0 aromatic heterocycles. The quantitative estimate of drug-likeness (QED) is 0.312. The van der Waals surface area contributed by atoms with E-state index in [2.05, 4.69) is 18.2 Å². The number of ether oxygens (including phenoxy) is 1. The second kappa shape index (κ2) is 10.7. The van der Waals surface area contributed by atoms with Crippen molar-refractivity contribution in [2.24, 2.45) is 10.8 Å². The van der Waals surface area contributed by atoms with Crippen LogP contribution >= 0.6 is 11.6 Å². The van der Waals surface area contributed by atoms with E-state index in [9.17, 15) is 19.5 Å². The molecular formula is C36H36ClNO5. The fourth-order valence-corrected chi connectivity index (χ4v) is 7.32. The van der Waals surface area contributed by atoms with E-state index < -0.39 is 11.9 Å². The summed E-state index contributed by atoms with van der Waals surface area (Å²) in [6.07, 6.45) is 1.66. The van der Waals surface area contributed by atoms with Crippen LogP contribution in [0.2, 0.25) is 5.02 Å². The second-order valence-electron chi connectivity index (χ2n) is 13.6. The van der Waals surface area contributed by atoms with Crippen LogP contribution in [0, 0.1) is 10.8 Å². The van der Waals surface area contributed by atoms with Crippen LogP contribution in [0.3, 0.4) is 0 Å². The molecule has 6 nitrogen and oxygen atoms in total. The molecule has 1 heterocycles. The summed E-state index contributed by atoms with van der Waals surface area (Å²) in [7, 11) is 0. The van der Waals surface area contributed by atoms with E-state index in [1.54, 1.807) is 23.1 Å². The van der Waals surface area contributed by atoms with Crippen molar-refractivity contribution in [3.05, 3.63) is 99.4 Å². The number of fused-ring (bicyclic) bond motifs is 1. The van der Waals surface area contributed by atoms with E-state index in [0.29, 0.717) is 64.6 Å². The van der Waals surface area contributed by atoms with Crippen LogP contribution in [0.1, 0.15) is 70.4 Å². The third-order valence-corrected chi connectivity index (χ3v) is 9.10. The molecule has 0 saturated heterocycles. The van der Waals surface area contributed by atoms with Crippen molar-refractivity contribution in [2.75, 3.05) is 6.54 Å². The molecule has 222 valence electrons. The fraction of sp³-hybridized carbons (Fsp3) is 0.361. The number of hydrogen-bond acceptors (Lipinski definition) is 5. The molecule has 3 aliphatic rings. The summed E-state index contributed by atoms with van der Waals surface area (Å²) in [5, 5.41) is 12.6. The molecule has 7 heteroatoms. The first-order valence-corrected chi connectivity index (χ1v) is 15.1. The first-order chi connectivity index (χ1) is 20.3. The molecule has 3 aromatic carbocycles. The number of ketones is 2. The molecule has 6 rings (SSSR count). The van der Waals surface area contributed by atoms with Crippen molar-refractivity contribution >= 4 is 39.9 Å². The molecular weight excluding hydrogens is 562 g/mol. The first kappa shape index (κ1) is 29.2. The molecule has 0 spiro atoms. The summed E-state index contributed by atoms with van der Waals surface area (Å²) in [6.45, 7) is 8.09. The molecule has 0 fully saturated rings. The van der Waals surface area contributed by atoms with Gasteiger partial charge in [-0.3, -0.25) is 14.4 Å². The molecule has 0 unspecified atom stereocenters. The lowest BCUT2D eigenvalue weighted by atomic mass is 9.63. The van der Waals surface area contributed by atoms with Crippen molar-refractivity contribution in [1.29, 1.82) is 0 Å². The van der Waals surface area contributed by atoms with Gasteiger partial charge in [-0.2, -0.15) is 0 Å². The summed E-state index contributed by atoms with van der Waals surface area (Å²) in [6, 6.07) is 19.6. The Labute approximate surface area is 257 Å². The Bertz CT molecular complexity index is 1690. The Morgan fingerprint density at radius 1 is 0.884 bits per heavy atom. The Kier molecular flexibility index (Phi) is 7.24. The Morgan fingerprint density at radius 2 is 1.49 bits per heavy atom. The molecule has 1 aliphatic heterocycles. The summed E-state index contributed by atoms with van der Waals surface area (Å²) >= 11 is 6.60. The normalized spacial score (nSPS) is 19.9. The van der Waals surface area contributed by atoms with Gasteiger partial charge in [0.25, 0.3) is 0 Å². The van der Waals surface area contributed by atoms with Gasteiger partial charge in [0.15, 0.2) is 11.6 Å². The number of rotatable bonds is 6. The number of carbonyl (C=O) groups excluding carboxylic acids is 2. The van der Waals surface area contributed by atoms with Crippen LogP contribution in [0.15, 0.2) is 83.2 Å². The van der Waals surface area contributed by atoms with E-state index in [-0.39, 0.29) is 35.5 Å². The van der Waals surface area contributed by atoms with Gasteiger partial charge in [-0.05, 0) is 58.2 Å². The van der Waals surface area contributed by atoms with Gasteiger partial charge in [0.05, 0.1) is 0 Å². The Balaban J connectivity index is 1.53. The summed E-state index contributed by atoms with van der Waals surface area (Å²) < 4.78 is 6.51. The van der Waals surface area contributed by atoms with Crippen molar-refractivity contribution < 1.29 is 24.2 Å². The van der Waals surface area contributed by atoms with Crippen molar-refractivity contribution in [1.82, 2.24) is 4.90 Å². The highest BCUT2D eigenvalue weighted by molar-refractivity contribution is 6.30. The van der Waals surface area contributed by atoms with Crippen LogP contribution in [0.5, 0.6) is 5.75 Å². The van der Waals surface area contributed by atoms with Crippen LogP contribution in [-0.4, -0.2) is 34.1 Å². The topological polar surface area (TPSA) is 83.9 Å². The minimum absolute atomic E-state index is 0.0733. The van der Waals surface area contributed by atoms with Gasteiger partial charge in [0, 0.05) is 51.9 Å². The standard InChI is InChI=1S/C36H36ClNO5/c1-35(2)15-26-33(28(39)17-35)32(34-27(38(26)19-31(41)42)16-36(3,4)18-29(34)40)25-14-23(37)12-13-30(25)43-20-22-10-7-9-21-8-5-6-11-24(21)22/h5-14,32H,15-20H2,1-4H3,(H,41,42). The number of allylic oxidation sites excluding steroid dienone is 4. The van der Waals surface area contributed by atoms with E-state index in [4.69, 9.17) is 16.3 Å². The van der Waals surface area contributed by atoms with Crippen molar-refractivity contribution in [3.63, 3.8) is 0 Å². The molecule has 0 bridgehead atoms. The molecule has 2 aliphatic carbocycles. The van der Waals surface area contributed by atoms with Gasteiger partial charge in [0.2, 0.25) is 0 Å². The smallest absolute Gasteiger partial charge is 0.323 e. The predicted octanol–water partition coefficient (Wildman–Crippen LogP) is 7.84. The molecule has 43 heavy (non-hydrogen) atoms. The van der Waals surface area contributed by atoms with E-state index in [1.165, 1.54) is 0 Å². The fourth-order valence-electron chi connectivity index (χ4n) is 7.14. The zero-order valence-corrected chi connectivity index (χ0v) is 25.8. The van der Waals surface area contributed by atoms with Gasteiger partial charge in [0.1, 0.15) is 18.9 Å². The largest absolute Gasteiger partial charge is 0.489 e. The van der Waals surface area contributed by atoms with Gasteiger partial charge < -0.3 is 14.7 Å². The Morgan fingerprint density at radius 3 is 2.12 bits per heavy atom. The zero-order valence-electron chi connectivity index (χ0n) is 25.0. The number of Topliss-reactive ketones (excluding diaryl/α,β-unsaturated/α-hetero) is 2. The Hall–Kier alpha value is -3.90. The zero-order chi connectivity index (χ0) is 30.7. The third kappa shape index (κ3) is 5.49. The van der Waals surface area contributed by atoms with E-state index >= 15 is 0 Å². The molecule has 1 N–H and O–H groups in total. The minimum Gasteiger partial charge on any atom is -0.489 e. The van der Waals surface area contributed by atoms with Crippen LogP contribution in [-0.2, 0) is 21.0 Å². The highest BCUT2D eigenvalue weighted by atomic mass is 35.5. The maximum Gasteiger partial charge on any atom is 0.323 e. The maximum absolute atomic E-state index is 14.1. The third-order valence-electron chi connectivity index (χ3n) is 8.86. The first-order valence-electron chi connectivity index (χ1n) is 14.7. The summed E-state index contributed by atoms with van der Waals surface area (Å²) in [5.74, 6) is -1.30. The van der Waals surface area contributed by atoms with Crippen LogP contribution in [0.4, 0.5) is 0 Å². The lowest BCUT2D eigenvalue weighted by molar-refractivity contribution is -0.138. The maximum atomic E-state index is 14.1. The molecule has 0 radical (unpaired) electrons. The van der Waals surface area contributed by atoms with E-state index in [1.807, 2.05) is 52.0 Å².